The van der Waals surface area contributed by atoms with E-state index in [1.807, 2.05) is 31.2 Å². The topological polar surface area (TPSA) is 77.2 Å². The fraction of sp³-hybridized carbons (Fsp3) is 0.214. The molecule has 0 aliphatic rings. The van der Waals surface area contributed by atoms with Gasteiger partial charge in [0.1, 0.15) is 0 Å². The van der Waals surface area contributed by atoms with Crippen molar-refractivity contribution in [2.45, 2.75) is 18.9 Å². The zero-order valence-corrected chi connectivity index (χ0v) is 12.7. The van der Waals surface area contributed by atoms with Crippen LogP contribution in [0, 0.1) is 13.8 Å². The van der Waals surface area contributed by atoms with Gasteiger partial charge in [0.15, 0.2) is 20.5 Å². The second kappa shape index (κ2) is 4.63. The third kappa shape index (κ3) is 2.29. The van der Waals surface area contributed by atoms with Crippen molar-refractivity contribution in [3.63, 3.8) is 0 Å². The first-order chi connectivity index (χ1) is 9.88. The van der Waals surface area contributed by atoms with E-state index in [0.717, 1.165) is 22.9 Å². The molecule has 0 saturated heterocycles. The average Bonchev–Trinajstić information content (AvgIpc) is 2.83. The summed E-state index contributed by atoms with van der Waals surface area (Å²) in [7, 11) is -3.42. The van der Waals surface area contributed by atoms with Gasteiger partial charge in [0.25, 0.3) is 0 Å². The maximum absolute atomic E-state index is 11.7. The van der Waals surface area contributed by atoms with Gasteiger partial charge in [-0.25, -0.2) is 12.9 Å². The molecule has 3 aromatic rings. The van der Waals surface area contributed by atoms with E-state index >= 15 is 0 Å². The van der Waals surface area contributed by atoms with Gasteiger partial charge in [0.05, 0.1) is 11.9 Å². The molecular formula is C14H14N4O2S. The Labute approximate surface area is 122 Å². The Hall–Kier alpha value is -2.28. The molecule has 0 unspecified atom stereocenters. The van der Waals surface area contributed by atoms with Crippen molar-refractivity contribution in [2.75, 3.05) is 6.26 Å². The first kappa shape index (κ1) is 13.7. The number of hydrogen-bond donors (Lipinski definition) is 0. The largest absolute Gasteiger partial charge is 0.222 e. The van der Waals surface area contributed by atoms with Crippen molar-refractivity contribution in [1.82, 2.24) is 19.8 Å². The minimum atomic E-state index is -3.42. The highest BCUT2D eigenvalue weighted by Gasteiger charge is 2.19. The zero-order chi connectivity index (χ0) is 15.2. The third-order valence-electron chi connectivity index (χ3n) is 3.32. The Morgan fingerprint density at radius 2 is 1.71 bits per heavy atom. The predicted octanol–water partition coefficient (Wildman–Crippen LogP) is 1.81. The number of aromatic nitrogens is 4. The van der Waals surface area contributed by atoms with Crippen LogP contribution in [0.1, 0.15) is 11.3 Å². The van der Waals surface area contributed by atoms with Crippen LogP contribution in [-0.4, -0.2) is 34.5 Å². The normalized spacial score (nSPS) is 12.0. The number of nitrogens with zero attached hydrogens (tertiary/aromatic N) is 4. The van der Waals surface area contributed by atoms with Crippen molar-refractivity contribution >= 4 is 15.5 Å². The lowest BCUT2D eigenvalue weighted by atomic mass is 10.1. The molecule has 0 atom stereocenters. The lowest BCUT2D eigenvalue weighted by Gasteiger charge is -2.04. The predicted molar refractivity (Wildman–Crippen MR) is 78.8 cm³/mol. The molecule has 0 bridgehead atoms. The van der Waals surface area contributed by atoms with Crippen LogP contribution in [0.4, 0.5) is 0 Å². The van der Waals surface area contributed by atoms with Gasteiger partial charge < -0.3 is 0 Å². The monoisotopic (exact) mass is 302 g/mol. The van der Waals surface area contributed by atoms with Crippen LogP contribution < -0.4 is 0 Å². The molecule has 3 rings (SSSR count). The molecule has 2 aromatic heterocycles. The molecule has 108 valence electrons. The van der Waals surface area contributed by atoms with Crippen molar-refractivity contribution in [3.05, 3.63) is 41.7 Å². The summed E-state index contributed by atoms with van der Waals surface area (Å²) in [5.41, 5.74) is 3.96. The fourth-order valence-electron chi connectivity index (χ4n) is 2.22. The van der Waals surface area contributed by atoms with Crippen LogP contribution in [0.15, 0.2) is 35.5 Å². The Morgan fingerprint density at radius 3 is 2.33 bits per heavy atom. The third-order valence-corrected chi connectivity index (χ3v) is 4.40. The van der Waals surface area contributed by atoms with E-state index in [2.05, 4.69) is 15.3 Å². The summed E-state index contributed by atoms with van der Waals surface area (Å²) in [6.45, 7) is 3.69. The van der Waals surface area contributed by atoms with Crippen LogP contribution in [0.2, 0.25) is 0 Å². The average molecular weight is 302 g/mol. The fourth-order valence-corrected chi connectivity index (χ4v) is 3.03. The van der Waals surface area contributed by atoms with Gasteiger partial charge in [-0.05, 0) is 19.4 Å². The molecule has 21 heavy (non-hydrogen) atoms. The van der Waals surface area contributed by atoms with Crippen molar-refractivity contribution in [1.29, 1.82) is 0 Å². The van der Waals surface area contributed by atoms with E-state index in [9.17, 15) is 8.42 Å². The van der Waals surface area contributed by atoms with Gasteiger partial charge in [-0.1, -0.05) is 29.8 Å². The Kier molecular flexibility index (Phi) is 3.02. The zero-order valence-electron chi connectivity index (χ0n) is 11.9. The lowest BCUT2D eigenvalue weighted by Crippen LogP contribution is -2.10. The van der Waals surface area contributed by atoms with Crippen LogP contribution in [-0.2, 0) is 9.84 Å². The molecule has 6 nitrogen and oxygen atoms in total. The van der Waals surface area contributed by atoms with Crippen LogP contribution in [0.25, 0.3) is 16.8 Å². The van der Waals surface area contributed by atoms with Gasteiger partial charge in [0.2, 0.25) is 0 Å². The van der Waals surface area contributed by atoms with Gasteiger partial charge in [-0.3, -0.25) is 0 Å². The molecule has 0 radical (unpaired) electrons. The van der Waals surface area contributed by atoms with Gasteiger partial charge in [0, 0.05) is 11.8 Å². The highest BCUT2D eigenvalue weighted by Crippen LogP contribution is 2.24. The van der Waals surface area contributed by atoms with Crippen LogP contribution in [0.3, 0.4) is 0 Å². The van der Waals surface area contributed by atoms with Gasteiger partial charge in [-0.2, -0.15) is 5.10 Å². The molecule has 0 spiro atoms. The molecule has 0 fully saturated rings. The molecule has 0 aliphatic carbocycles. The standard InChI is InChI=1S/C14H14N4O2S/c1-9-4-6-11(7-5-9)12-8-15-18-10(2)14(21(3,19)20)17-16-13(12)18/h4-8H,1-3H3. The Balaban J connectivity index is 2.25. The number of benzene rings is 1. The van der Waals surface area contributed by atoms with E-state index in [-0.39, 0.29) is 5.03 Å². The van der Waals surface area contributed by atoms with E-state index in [1.165, 1.54) is 4.52 Å². The van der Waals surface area contributed by atoms with E-state index in [0.29, 0.717) is 11.3 Å². The molecule has 1 aromatic carbocycles. The first-order valence-electron chi connectivity index (χ1n) is 6.36. The van der Waals surface area contributed by atoms with Crippen LogP contribution >= 0.6 is 0 Å². The maximum atomic E-state index is 11.7. The molecule has 2 heterocycles. The van der Waals surface area contributed by atoms with Gasteiger partial charge in [-0.15, -0.1) is 10.2 Å². The van der Waals surface area contributed by atoms with E-state index in [1.54, 1.807) is 13.1 Å². The number of sulfone groups is 1. The second-order valence-electron chi connectivity index (χ2n) is 5.02. The molecule has 0 aliphatic heterocycles. The van der Waals surface area contributed by atoms with Crippen molar-refractivity contribution in [3.8, 4) is 11.1 Å². The number of aryl methyl sites for hydroxylation is 2. The summed E-state index contributed by atoms with van der Waals surface area (Å²) in [6, 6.07) is 7.97. The number of rotatable bonds is 2. The van der Waals surface area contributed by atoms with Gasteiger partial charge >= 0.3 is 0 Å². The summed E-state index contributed by atoms with van der Waals surface area (Å²) < 4.78 is 24.8. The van der Waals surface area contributed by atoms with E-state index in [4.69, 9.17) is 0 Å². The lowest BCUT2D eigenvalue weighted by molar-refractivity contribution is 0.591. The molecule has 0 N–H and O–H groups in total. The number of fused-ring (bicyclic) bond motifs is 1. The van der Waals surface area contributed by atoms with Crippen molar-refractivity contribution < 1.29 is 8.42 Å². The minimum absolute atomic E-state index is 0.0476. The Bertz CT molecular complexity index is 928. The van der Waals surface area contributed by atoms with Crippen molar-refractivity contribution in [2.24, 2.45) is 0 Å². The smallest absolute Gasteiger partial charge is 0.198 e. The molecule has 0 amide bonds. The minimum Gasteiger partial charge on any atom is -0.222 e. The summed E-state index contributed by atoms with van der Waals surface area (Å²) in [5, 5.41) is 12.1. The Morgan fingerprint density at radius 1 is 1.05 bits per heavy atom. The quantitative estimate of drug-likeness (QED) is 0.721. The molecule has 7 heteroatoms. The van der Waals surface area contributed by atoms with E-state index < -0.39 is 9.84 Å². The van der Waals surface area contributed by atoms with Crippen LogP contribution in [0.5, 0.6) is 0 Å². The first-order valence-corrected chi connectivity index (χ1v) is 8.25. The summed E-state index contributed by atoms with van der Waals surface area (Å²) >= 11 is 0. The highest BCUT2D eigenvalue weighted by molar-refractivity contribution is 7.90. The highest BCUT2D eigenvalue weighted by atomic mass is 32.2. The summed E-state index contributed by atoms with van der Waals surface area (Å²) in [6.07, 6.45) is 2.79. The summed E-state index contributed by atoms with van der Waals surface area (Å²) in [5.74, 6) is 0. The SMILES string of the molecule is Cc1ccc(-c2cnn3c(C)c(S(C)(=O)=O)nnc23)cc1. The molecular weight excluding hydrogens is 288 g/mol. The maximum Gasteiger partial charge on any atom is 0.198 e. The second-order valence-corrected chi connectivity index (χ2v) is 6.95. The molecule has 0 saturated carbocycles. The summed E-state index contributed by atoms with van der Waals surface area (Å²) in [4.78, 5) is 0. The number of hydrogen-bond acceptors (Lipinski definition) is 5.